The number of rotatable bonds is 5. The number of nitrogens with one attached hydrogen (secondary N) is 1. The average Bonchev–Trinajstić information content (AvgIpc) is 3.44. The van der Waals surface area contributed by atoms with E-state index in [0.29, 0.717) is 25.7 Å². The number of hydrogen-bond donors (Lipinski definition) is 1. The Morgan fingerprint density at radius 1 is 1.26 bits per heavy atom. The molecule has 1 N–H and O–H groups in total. The van der Waals surface area contributed by atoms with Crippen LogP contribution in [0, 0.1) is 11.3 Å². The summed E-state index contributed by atoms with van der Waals surface area (Å²) >= 11 is 6.59. The predicted molar refractivity (Wildman–Crippen MR) is 119 cm³/mol. The molecule has 2 fully saturated rings. The summed E-state index contributed by atoms with van der Waals surface area (Å²) < 4.78 is 12.0. The van der Waals surface area contributed by atoms with E-state index in [0.717, 1.165) is 53.0 Å². The number of benzene rings is 2. The second-order valence-corrected chi connectivity index (χ2v) is 8.84. The van der Waals surface area contributed by atoms with Crippen LogP contribution in [0.15, 0.2) is 48.7 Å². The third-order valence-electron chi connectivity index (χ3n) is 6.67. The average molecular weight is 437 g/mol. The maximum Gasteiger partial charge on any atom is 0.161 e. The summed E-state index contributed by atoms with van der Waals surface area (Å²) in [6.07, 6.45) is 3.40. The molecule has 0 spiro atoms. The Morgan fingerprint density at radius 3 is 2.84 bits per heavy atom. The van der Waals surface area contributed by atoms with Crippen LogP contribution in [0.1, 0.15) is 29.9 Å². The number of hydrogen-bond acceptors (Lipinski definition) is 5. The fourth-order valence-corrected chi connectivity index (χ4v) is 5.19. The number of halogens is 1. The number of nitrogens with zero attached hydrogens (tertiary/aromatic N) is 3. The fourth-order valence-electron chi connectivity index (χ4n) is 4.86. The van der Waals surface area contributed by atoms with Gasteiger partial charge in [-0.1, -0.05) is 41.9 Å². The lowest BCUT2D eigenvalue weighted by atomic mass is 9.85. The van der Waals surface area contributed by atoms with Crippen LogP contribution in [-0.2, 0) is 16.1 Å². The van der Waals surface area contributed by atoms with Crippen LogP contribution < -0.4 is 0 Å². The summed E-state index contributed by atoms with van der Waals surface area (Å²) in [7, 11) is 0. The van der Waals surface area contributed by atoms with Gasteiger partial charge in [-0.2, -0.15) is 10.4 Å². The van der Waals surface area contributed by atoms with Crippen LogP contribution >= 0.6 is 11.6 Å². The van der Waals surface area contributed by atoms with Crippen LogP contribution in [0.2, 0.25) is 5.02 Å². The molecule has 0 amide bonds. The molecular formula is C24H25ClN4O2. The zero-order chi connectivity index (χ0) is 21.3. The summed E-state index contributed by atoms with van der Waals surface area (Å²) in [4.78, 5) is 2.26. The van der Waals surface area contributed by atoms with Crippen LogP contribution in [0.4, 0.5) is 0 Å². The molecule has 2 unspecified atom stereocenters. The van der Waals surface area contributed by atoms with Crippen molar-refractivity contribution >= 4 is 22.5 Å². The molecule has 2 atom stereocenters. The van der Waals surface area contributed by atoms with Gasteiger partial charge < -0.3 is 9.47 Å². The van der Waals surface area contributed by atoms with Crippen molar-refractivity contribution in [3.63, 3.8) is 0 Å². The SMILES string of the molecule is N#CC1(N2CCC(c3cc4[nH]ncc4cc3Cl)CC2)COCC1OCc1ccccc1. The van der Waals surface area contributed by atoms with E-state index in [1.54, 1.807) is 6.20 Å². The molecule has 7 heteroatoms. The number of aromatic nitrogens is 2. The van der Waals surface area contributed by atoms with E-state index in [9.17, 15) is 5.26 Å². The Morgan fingerprint density at radius 2 is 2.06 bits per heavy atom. The van der Waals surface area contributed by atoms with Gasteiger partial charge in [0.25, 0.3) is 0 Å². The quantitative estimate of drug-likeness (QED) is 0.646. The smallest absolute Gasteiger partial charge is 0.161 e. The van der Waals surface area contributed by atoms with E-state index >= 15 is 0 Å². The van der Waals surface area contributed by atoms with Gasteiger partial charge in [0.15, 0.2) is 5.54 Å². The number of fused-ring (bicyclic) bond motifs is 1. The van der Waals surface area contributed by atoms with Gasteiger partial charge in [-0.3, -0.25) is 10.00 Å². The number of nitriles is 1. The van der Waals surface area contributed by atoms with Gasteiger partial charge in [0, 0.05) is 23.5 Å². The lowest BCUT2D eigenvalue weighted by molar-refractivity contribution is -0.0353. The van der Waals surface area contributed by atoms with Crippen molar-refractivity contribution in [2.75, 3.05) is 26.3 Å². The summed E-state index contributed by atoms with van der Waals surface area (Å²) in [5.74, 6) is 0.359. The topological polar surface area (TPSA) is 74.2 Å². The van der Waals surface area contributed by atoms with Crippen LogP contribution in [0.3, 0.4) is 0 Å². The molecule has 2 aliphatic heterocycles. The number of ether oxygens (including phenoxy) is 2. The largest absolute Gasteiger partial charge is 0.375 e. The third-order valence-corrected chi connectivity index (χ3v) is 7.00. The summed E-state index contributed by atoms with van der Waals surface area (Å²) in [6.45, 7) is 2.93. The zero-order valence-corrected chi connectivity index (χ0v) is 18.0. The summed E-state index contributed by atoms with van der Waals surface area (Å²) in [5.41, 5.74) is 2.53. The molecule has 160 valence electrons. The van der Waals surface area contributed by atoms with Crippen LogP contribution in [-0.4, -0.2) is 53.0 Å². The van der Waals surface area contributed by atoms with Gasteiger partial charge in [0.1, 0.15) is 6.10 Å². The maximum absolute atomic E-state index is 10.2. The van der Waals surface area contributed by atoms with Gasteiger partial charge in [0.05, 0.1) is 37.6 Å². The van der Waals surface area contributed by atoms with E-state index < -0.39 is 5.54 Å². The summed E-state index contributed by atoms with van der Waals surface area (Å²) in [5, 5.41) is 19.1. The first kappa shape index (κ1) is 20.5. The van der Waals surface area contributed by atoms with Crippen molar-refractivity contribution in [2.24, 2.45) is 0 Å². The predicted octanol–water partition coefficient (Wildman–Crippen LogP) is 4.27. The molecule has 6 nitrogen and oxygen atoms in total. The molecule has 2 saturated heterocycles. The lowest BCUT2D eigenvalue weighted by Gasteiger charge is -2.42. The van der Waals surface area contributed by atoms with Crippen molar-refractivity contribution in [2.45, 2.75) is 37.0 Å². The Bertz CT molecular complexity index is 1090. The number of H-pyrrole nitrogens is 1. The van der Waals surface area contributed by atoms with Gasteiger partial charge in [-0.25, -0.2) is 0 Å². The van der Waals surface area contributed by atoms with Gasteiger partial charge in [-0.05, 0) is 42.0 Å². The molecule has 31 heavy (non-hydrogen) atoms. The minimum Gasteiger partial charge on any atom is -0.375 e. The number of piperidine rings is 1. The number of likely N-dealkylation sites (tertiary alicyclic amines) is 1. The molecule has 3 heterocycles. The highest BCUT2D eigenvalue weighted by atomic mass is 35.5. The Hall–Kier alpha value is -2.43. The van der Waals surface area contributed by atoms with Crippen molar-refractivity contribution in [3.8, 4) is 6.07 Å². The monoisotopic (exact) mass is 436 g/mol. The Labute approximate surface area is 186 Å². The molecule has 0 bridgehead atoms. The van der Waals surface area contributed by atoms with E-state index in [-0.39, 0.29) is 6.10 Å². The molecule has 3 aromatic rings. The molecule has 1 aromatic heterocycles. The second-order valence-electron chi connectivity index (χ2n) is 8.43. The Balaban J connectivity index is 1.28. The van der Waals surface area contributed by atoms with Gasteiger partial charge in [-0.15, -0.1) is 0 Å². The molecule has 5 rings (SSSR count). The summed E-state index contributed by atoms with van der Waals surface area (Å²) in [6, 6.07) is 16.7. The normalized spacial score (nSPS) is 25.1. The molecular weight excluding hydrogens is 412 g/mol. The molecule has 0 saturated carbocycles. The molecule has 0 aliphatic carbocycles. The maximum atomic E-state index is 10.2. The van der Waals surface area contributed by atoms with Crippen molar-refractivity contribution in [1.29, 1.82) is 5.26 Å². The molecule has 2 aromatic carbocycles. The highest BCUT2D eigenvalue weighted by molar-refractivity contribution is 6.32. The first-order valence-corrected chi connectivity index (χ1v) is 11.1. The van der Waals surface area contributed by atoms with Crippen LogP contribution in [0.5, 0.6) is 0 Å². The highest BCUT2D eigenvalue weighted by Gasteiger charge is 2.51. The van der Waals surface area contributed by atoms with Gasteiger partial charge in [0.2, 0.25) is 0 Å². The van der Waals surface area contributed by atoms with Gasteiger partial charge >= 0.3 is 0 Å². The minimum absolute atomic E-state index is 0.265. The Kier molecular flexibility index (Phi) is 5.68. The van der Waals surface area contributed by atoms with Crippen molar-refractivity contribution in [1.82, 2.24) is 15.1 Å². The first-order valence-electron chi connectivity index (χ1n) is 10.7. The second kappa shape index (κ2) is 8.60. The fraction of sp³-hybridized carbons (Fsp3) is 0.417. The first-order chi connectivity index (χ1) is 15.2. The van der Waals surface area contributed by atoms with E-state index in [2.05, 4.69) is 27.2 Å². The highest BCUT2D eigenvalue weighted by Crippen LogP contribution is 2.38. The van der Waals surface area contributed by atoms with Crippen molar-refractivity contribution in [3.05, 3.63) is 64.8 Å². The van der Waals surface area contributed by atoms with Crippen molar-refractivity contribution < 1.29 is 9.47 Å². The zero-order valence-electron chi connectivity index (χ0n) is 17.3. The minimum atomic E-state index is -0.739. The lowest BCUT2D eigenvalue weighted by Crippen LogP contribution is -2.58. The standard InChI is InChI=1S/C24H25ClN4O2/c25-21-10-19-12-27-28-22(19)11-20(21)18-6-8-29(9-7-18)24(15-26)16-30-14-23(24)31-13-17-4-2-1-3-5-17/h1-5,10-12,18,23H,6-9,13-14,16H2,(H,27,28). The van der Waals surface area contributed by atoms with Crippen LogP contribution in [0.25, 0.3) is 10.9 Å². The third kappa shape index (κ3) is 3.83. The van der Waals surface area contributed by atoms with E-state index in [4.69, 9.17) is 21.1 Å². The molecule has 2 aliphatic rings. The number of aromatic amines is 1. The van der Waals surface area contributed by atoms with E-state index in [1.165, 1.54) is 0 Å². The molecule has 0 radical (unpaired) electrons. The van der Waals surface area contributed by atoms with E-state index in [1.807, 2.05) is 36.4 Å².